The maximum atomic E-state index is 10.7. The minimum absolute atomic E-state index is 0.166. The monoisotopic (exact) mass is 149 g/mol. The van der Waals surface area contributed by atoms with Crippen LogP contribution in [-0.2, 0) is 4.79 Å². The smallest absolute Gasteiger partial charge is 0.244 e. The maximum absolute atomic E-state index is 10.7. The summed E-state index contributed by atoms with van der Waals surface area (Å²) in [6, 6.07) is 0. The van der Waals surface area contributed by atoms with Crippen LogP contribution in [0, 0.1) is 12.3 Å². The van der Waals surface area contributed by atoms with E-state index in [1.54, 1.807) is 12.2 Å². The van der Waals surface area contributed by atoms with Crippen LogP contribution in [0.25, 0.3) is 0 Å². The quantitative estimate of drug-likeness (QED) is 0.360. The van der Waals surface area contributed by atoms with E-state index in [1.807, 2.05) is 13.0 Å². The van der Waals surface area contributed by atoms with E-state index in [9.17, 15) is 4.79 Å². The largest absolute Gasteiger partial charge is 0.342 e. The molecule has 2 nitrogen and oxygen atoms in total. The number of terminal acetylenes is 1. The van der Waals surface area contributed by atoms with Crippen LogP contribution < -0.4 is 5.32 Å². The number of carbonyl (C=O) groups excluding carboxylic acids is 1. The molecule has 1 N–H and O–H groups in total. The first-order valence-electron chi connectivity index (χ1n) is 3.32. The lowest BCUT2D eigenvalue weighted by Crippen LogP contribution is -2.20. The molecule has 11 heavy (non-hydrogen) atoms. The van der Waals surface area contributed by atoms with E-state index in [0.717, 1.165) is 0 Å². The van der Waals surface area contributed by atoms with Crippen molar-refractivity contribution in [2.75, 3.05) is 6.54 Å². The number of hydrogen-bond donors (Lipinski definition) is 1. The van der Waals surface area contributed by atoms with Gasteiger partial charge in [0.15, 0.2) is 0 Å². The highest BCUT2D eigenvalue weighted by Crippen LogP contribution is 1.76. The molecular formula is C9H11NO. The fourth-order valence-electron chi connectivity index (χ4n) is 0.451. The first-order valence-corrected chi connectivity index (χ1v) is 3.32. The molecule has 2 heteroatoms. The minimum Gasteiger partial charge on any atom is -0.342 e. The molecule has 0 bridgehead atoms. The van der Waals surface area contributed by atoms with Crippen LogP contribution in [0.2, 0.25) is 0 Å². The number of nitrogens with one attached hydrogen (secondary N) is 1. The van der Waals surface area contributed by atoms with E-state index in [4.69, 9.17) is 6.42 Å². The Bertz CT molecular complexity index is 208. The van der Waals surface area contributed by atoms with Gasteiger partial charge < -0.3 is 5.32 Å². The third-order valence-electron chi connectivity index (χ3n) is 0.916. The molecule has 0 unspecified atom stereocenters. The molecule has 0 radical (unpaired) electrons. The second-order valence-corrected chi connectivity index (χ2v) is 1.81. The minimum atomic E-state index is -0.166. The zero-order valence-corrected chi connectivity index (χ0v) is 6.50. The van der Waals surface area contributed by atoms with Gasteiger partial charge in [0.1, 0.15) is 0 Å². The standard InChI is InChI=1S/C9H11NO/c1-3-5-6-7-9(11)10-8-4-2/h2-3,5-7H,8H2,1H3,(H,10,11)/b5-3+,7-6+. The number of hydrogen-bond acceptors (Lipinski definition) is 1. The Labute approximate surface area is 67.0 Å². The van der Waals surface area contributed by atoms with Crippen molar-refractivity contribution < 1.29 is 4.79 Å². The van der Waals surface area contributed by atoms with Crippen molar-refractivity contribution in [3.05, 3.63) is 24.3 Å². The van der Waals surface area contributed by atoms with Crippen LogP contribution in [0.4, 0.5) is 0 Å². The molecule has 0 aromatic carbocycles. The van der Waals surface area contributed by atoms with Crippen molar-refractivity contribution in [1.82, 2.24) is 5.32 Å². The van der Waals surface area contributed by atoms with E-state index in [-0.39, 0.29) is 12.5 Å². The molecule has 0 aromatic rings. The van der Waals surface area contributed by atoms with Gasteiger partial charge in [0, 0.05) is 6.08 Å². The Morgan fingerprint density at radius 3 is 2.91 bits per heavy atom. The fraction of sp³-hybridized carbons (Fsp3) is 0.222. The summed E-state index contributed by atoms with van der Waals surface area (Å²) in [5.74, 6) is 2.14. The Morgan fingerprint density at radius 1 is 1.64 bits per heavy atom. The van der Waals surface area contributed by atoms with Crippen molar-refractivity contribution in [3.63, 3.8) is 0 Å². The molecule has 0 aromatic heterocycles. The summed E-state index contributed by atoms with van der Waals surface area (Å²) in [6.45, 7) is 2.16. The highest BCUT2D eigenvalue weighted by molar-refractivity contribution is 5.87. The number of rotatable bonds is 3. The summed E-state index contributed by atoms with van der Waals surface area (Å²) < 4.78 is 0. The van der Waals surface area contributed by atoms with Crippen molar-refractivity contribution in [2.45, 2.75) is 6.92 Å². The predicted molar refractivity (Wildman–Crippen MR) is 45.8 cm³/mol. The van der Waals surface area contributed by atoms with E-state index in [0.29, 0.717) is 0 Å². The normalized spacial score (nSPS) is 10.2. The summed E-state index contributed by atoms with van der Waals surface area (Å²) in [4.78, 5) is 10.7. The molecule has 0 saturated carbocycles. The van der Waals surface area contributed by atoms with Gasteiger partial charge in [-0.25, -0.2) is 0 Å². The molecule has 0 aliphatic carbocycles. The maximum Gasteiger partial charge on any atom is 0.244 e. The predicted octanol–water partition coefficient (Wildman–Crippen LogP) is 0.868. The molecule has 0 rings (SSSR count). The molecule has 0 aliphatic rings. The zero-order valence-electron chi connectivity index (χ0n) is 6.50. The molecule has 0 spiro atoms. The average molecular weight is 149 g/mol. The Balaban J connectivity index is 3.62. The van der Waals surface area contributed by atoms with Gasteiger partial charge in [-0.3, -0.25) is 4.79 Å². The SMILES string of the molecule is C#CCNC(=O)/C=C/C=C/C. The number of amides is 1. The Hall–Kier alpha value is -1.49. The first kappa shape index (κ1) is 9.51. The van der Waals surface area contributed by atoms with Crippen molar-refractivity contribution >= 4 is 5.91 Å². The molecule has 0 saturated heterocycles. The van der Waals surface area contributed by atoms with Crippen LogP contribution in [0.1, 0.15) is 6.92 Å². The second kappa shape index (κ2) is 6.63. The van der Waals surface area contributed by atoms with Crippen LogP contribution in [-0.4, -0.2) is 12.5 Å². The third kappa shape index (κ3) is 6.39. The van der Waals surface area contributed by atoms with Gasteiger partial charge in [-0.05, 0) is 6.92 Å². The number of carbonyl (C=O) groups is 1. The highest BCUT2D eigenvalue weighted by Gasteiger charge is 1.87. The van der Waals surface area contributed by atoms with Crippen molar-refractivity contribution in [3.8, 4) is 12.3 Å². The highest BCUT2D eigenvalue weighted by atomic mass is 16.1. The van der Waals surface area contributed by atoms with Crippen LogP contribution in [0.3, 0.4) is 0 Å². The molecule has 0 fully saturated rings. The lowest BCUT2D eigenvalue weighted by Gasteiger charge is -1.91. The van der Waals surface area contributed by atoms with Crippen LogP contribution in [0.5, 0.6) is 0 Å². The molecule has 0 heterocycles. The third-order valence-corrected chi connectivity index (χ3v) is 0.916. The summed E-state index contributed by atoms with van der Waals surface area (Å²) >= 11 is 0. The van der Waals surface area contributed by atoms with Gasteiger partial charge in [-0.2, -0.15) is 0 Å². The van der Waals surface area contributed by atoms with Gasteiger partial charge in [0.25, 0.3) is 0 Å². The Kier molecular flexibility index (Phi) is 5.73. The summed E-state index contributed by atoms with van der Waals surface area (Å²) in [6.07, 6.45) is 11.6. The molecule has 0 aliphatic heterocycles. The van der Waals surface area contributed by atoms with Gasteiger partial charge in [-0.15, -0.1) is 6.42 Å². The Morgan fingerprint density at radius 2 is 2.36 bits per heavy atom. The lowest BCUT2D eigenvalue weighted by molar-refractivity contribution is -0.116. The van der Waals surface area contributed by atoms with Crippen molar-refractivity contribution in [1.29, 1.82) is 0 Å². The van der Waals surface area contributed by atoms with E-state index in [2.05, 4.69) is 11.2 Å². The molecule has 0 atom stereocenters. The molecule has 58 valence electrons. The van der Waals surface area contributed by atoms with Gasteiger partial charge in [0.05, 0.1) is 6.54 Å². The number of allylic oxidation sites excluding steroid dienone is 3. The van der Waals surface area contributed by atoms with Gasteiger partial charge in [-0.1, -0.05) is 24.1 Å². The fourth-order valence-corrected chi connectivity index (χ4v) is 0.451. The lowest BCUT2D eigenvalue weighted by atomic mass is 10.4. The van der Waals surface area contributed by atoms with Crippen LogP contribution >= 0.6 is 0 Å². The summed E-state index contributed by atoms with van der Waals surface area (Å²) in [5, 5.41) is 2.50. The first-order chi connectivity index (χ1) is 5.31. The molecule has 1 amide bonds. The second-order valence-electron chi connectivity index (χ2n) is 1.81. The van der Waals surface area contributed by atoms with Crippen LogP contribution in [0.15, 0.2) is 24.3 Å². The molecular weight excluding hydrogens is 138 g/mol. The van der Waals surface area contributed by atoms with E-state index >= 15 is 0 Å². The van der Waals surface area contributed by atoms with Crippen molar-refractivity contribution in [2.24, 2.45) is 0 Å². The van der Waals surface area contributed by atoms with E-state index < -0.39 is 0 Å². The van der Waals surface area contributed by atoms with E-state index in [1.165, 1.54) is 6.08 Å². The topological polar surface area (TPSA) is 29.1 Å². The van der Waals surface area contributed by atoms with Gasteiger partial charge >= 0.3 is 0 Å². The average Bonchev–Trinajstić information content (AvgIpc) is 2.01. The zero-order chi connectivity index (χ0) is 8.53. The van der Waals surface area contributed by atoms with Gasteiger partial charge in [0.2, 0.25) is 5.91 Å². The summed E-state index contributed by atoms with van der Waals surface area (Å²) in [5.41, 5.74) is 0. The summed E-state index contributed by atoms with van der Waals surface area (Å²) in [7, 11) is 0.